The Hall–Kier alpha value is -5.34. The first-order chi connectivity index (χ1) is 20.3. The van der Waals surface area contributed by atoms with Crippen molar-refractivity contribution in [2.45, 2.75) is 18.1 Å². The molecule has 5 aromatic rings. The highest BCUT2D eigenvalue weighted by Crippen LogP contribution is 2.29. The van der Waals surface area contributed by atoms with Gasteiger partial charge in [0.25, 0.3) is 11.8 Å². The number of ether oxygens (including phenoxy) is 1. The van der Waals surface area contributed by atoms with E-state index in [-0.39, 0.29) is 43.2 Å². The van der Waals surface area contributed by atoms with Crippen molar-refractivity contribution in [1.29, 1.82) is 0 Å². The number of phenolic OH excluding ortho intramolecular Hbond substituents is 1. The number of fused-ring (bicyclic) bond motifs is 1. The second-order valence-electron chi connectivity index (χ2n) is 9.84. The molecule has 214 valence electrons. The van der Waals surface area contributed by atoms with E-state index in [1.54, 1.807) is 53.3 Å². The molecule has 5 N–H and O–H groups in total. The maximum atomic E-state index is 13.9. The lowest BCUT2D eigenvalue weighted by molar-refractivity contribution is -0.157. The largest absolute Gasteiger partial charge is 0.507 e. The summed E-state index contributed by atoms with van der Waals surface area (Å²) in [4.78, 5) is 28.2. The fraction of sp³-hybridized carbons (Fsp3) is 0.214. The molecule has 1 saturated heterocycles. The van der Waals surface area contributed by atoms with Crippen molar-refractivity contribution in [2.24, 2.45) is 0 Å². The number of nitrogens with zero attached hydrogens (tertiary/aromatic N) is 6. The average molecular weight is 571 g/mol. The molecule has 14 nitrogen and oxygen atoms in total. The summed E-state index contributed by atoms with van der Waals surface area (Å²) in [6.07, 6.45) is 3.26. The highest BCUT2D eigenvalue weighted by atomic mass is 16.5. The molecule has 6 rings (SSSR count). The molecule has 3 aromatic heterocycles. The molecule has 4 heterocycles. The molecule has 1 unspecified atom stereocenters. The van der Waals surface area contributed by atoms with Crippen molar-refractivity contribution in [3.05, 3.63) is 84.3 Å². The number of para-hydroxylation sites is 1. The summed E-state index contributed by atoms with van der Waals surface area (Å²) in [7, 11) is 0. The molecule has 0 saturated carbocycles. The number of morpholine rings is 1. The first kappa shape index (κ1) is 26.9. The Balaban J connectivity index is 1.30. The fourth-order valence-corrected chi connectivity index (χ4v) is 4.93. The lowest BCUT2D eigenvalue weighted by atomic mass is 9.86. The van der Waals surface area contributed by atoms with Crippen LogP contribution in [0.2, 0.25) is 0 Å². The minimum absolute atomic E-state index is 0.0204. The number of nitrogens with one attached hydrogen (secondary N) is 1. The van der Waals surface area contributed by atoms with Gasteiger partial charge in [-0.2, -0.15) is 10.2 Å². The maximum Gasteiger partial charge on any atom is 0.260 e. The van der Waals surface area contributed by atoms with Crippen LogP contribution >= 0.6 is 0 Å². The lowest BCUT2D eigenvalue weighted by Crippen LogP contribution is -2.63. The van der Waals surface area contributed by atoms with E-state index in [1.165, 1.54) is 29.4 Å². The SMILES string of the molecule is Nc1noc2cc(CC(O)(CNC(=O)c3ccccc3O)[C@H]3OCCN(c4ccn(-c5ccnnc5)n4)C3=O)ccc12. The Labute approximate surface area is 238 Å². The van der Waals surface area contributed by atoms with Crippen LogP contribution in [0.15, 0.2) is 77.7 Å². The van der Waals surface area contributed by atoms with E-state index < -0.39 is 23.5 Å². The van der Waals surface area contributed by atoms with E-state index in [9.17, 15) is 19.8 Å². The second-order valence-corrected chi connectivity index (χ2v) is 9.84. The molecule has 1 aliphatic rings. The number of carbonyl (C=O) groups excluding carboxylic acids is 2. The van der Waals surface area contributed by atoms with Gasteiger partial charge in [0.05, 0.1) is 48.7 Å². The molecule has 2 atom stereocenters. The Bertz CT molecular complexity index is 1760. The first-order valence-electron chi connectivity index (χ1n) is 13.0. The van der Waals surface area contributed by atoms with Crippen molar-refractivity contribution in [3.63, 3.8) is 0 Å². The number of rotatable bonds is 8. The third kappa shape index (κ3) is 5.11. The number of anilines is 2. The van der Waals surface area contributed by atoms with Gasteiger partial charge in [-0.05, 0) is 35.9 Å². The number of hydrogen-bond acceptors (Lipinski definition) is 11. The van der Waals surface area contributed by atoms with Crippen LogP contribution in [0.5, 0.6) is 5.75 Å². The average Bonchev–Trinajstić information content (AvgIpc) is 3.64. The molecule has 0 spiro atoms. The minimum atomic E-state index is -1.92. The van der Waals surface area contributed by atoms with Gasteiger partial charge in [0.1, 0.15) is 11.4 Å². The minimum Gasteiger partial charge on any atom is -0.507 e. The smallest absolute Gasteiger partial charge is 0.260 e. The molecule has 14 heteroatoms. The van der Waals surface area contributed by atoms with Crippen LogP contribution in [0, 0.1) is 0 Å². The standard InChI is InChI=1S/C28H26N8O6/c29-25-20-6-5-17(13-22(20)42-34-25)14-28(40,16-30-26(38)19-3-1-2-4-21(19)37)24-27(39)35(11-12-41-24)23-8-10-36(33-23)18-7-9-31-32-15-18/h1-10,13,15,24,37,40H,11-12,14,16H2,(H2,29,34)(H,30,38)/t24-,28?/m0/s1. The zero-order valence-electron chi connectivity index (χ0n) is 22.1. The highest BCUT2D eigenvalue weighted by Gasteiger charge is 2.47. The van der Waals surface area contributed by atoms with E-state index >= 15 is 0 Å². The Morgan fingerprint density at radius 3 is 2.83 bits per heavy atom. The van der Waals surface area contributed by atoms with Gasteiger partial charge >= 0.3 is 0 Å². The van der Waals surface area contributed by atoms with Gasteiger partial charge in [-0.1, -0.05) is 23.4 Å². The molecule has 0 bridgehead atoms. The Morgan fingerprint density at radius 2 is 2.02 bits per heavy atom. The normalized spacial score (nSPS) is 16.8. The third-order valence-electron chi connectivity index (χ3n) is 7.04. The Kier molecular flexibility index (Phi) is 6.98. The fourth-order valence-electron chi connectivity index (χ4n) is 4.93. The number of carbonyl (C=O) groups is 2. The van der Waals surface area contributed by atoms with Crippen LogP contribution in [0.3, 0.4) is 0 Å². The number of nitrogen functional groups attached to an aromatic ring is 1. The summed E-state index contributed by atoms with van der Waals surface area (Å²) in [5, 5.41) is 41.4. The molecular formula is C28H26N8O6. The van der Waals surface area contributed by atoms with Crippen LogP contribution in [0.1, 0.15) is 15.9 Å². The predicted octanol–water partition coefficient (Wildman–Crippen LogP) is 1.23. The van der Waals surface area contributed by atoms with Crippen LogP contribution < -0.4 is 16.0 Å². The molecule has 1 fully saturated rings. The van der Waals surface area contributed by atoms with Gasteiger partial charge < -0.3 is 30.5 Å². The van der Waals surface area contributed by atoms with Gasteiger partial charge in [-0.25, -0.2) is 4.68 Å². The van der Waals surface area contributed by atoms with E-state index in [0.29, 0.717) is 28.0 Å². The first-order valence-corrected chi connectivity index (χ1v) is 13.0. The molecule has 0 aliphatic carbocycles. The summed E-state index contributed by atoms with van der Waals surface area (Å²) >= 11 is 0. The monoisotopic (exact) mass is 570 g/mol. The number of phenols is 1. The van der Waals surface area contributed by atoms with Crippen LogP contribution in [-0.2, 0) is 16.0 Å². The number of amides is 2. The topological polar surface area (TPSA) is 195 Å². The van der Waals surface area contributed by atoms with Gasteiger partial charge in [0.15, 0.2) is 23.3 Å². The molecule has 2 amide bonds. The molecular weight excluding hydrogens is 544 g/mol. The molecule has 2 aromatic carbocycles. The van der Waals surface area contributed by atoms with E-state index in [4.69, 9.17) is 15.0 Å². The number of aromatic nitrogens is 5. The van der Waals surface area contributed by atoms with Gasteiger partial charge in [0, 0.05) is 18.7 Å². The second kappa shape index (κ2) is 10.9. The highest BCUT2D eigenvalue weighted by molar-refractivity contribution is 5.98. The van der Waals surface area contributed by atoms with E-state index in [1.807, 2.05) is 0 Å². The quantitative estimate of drug-likeness (QED) is 0.209. The van der Waals surface area contributed by atoms with E-state index in [0.717, 1.165) is 0 Å². The zero-order valence-corrected chi connectivity index (χ0v) is 22.1. The zero-order chi connectivity index (χ0) is 29.3. The maximum absolute atomic E-state index is 13.9. The summed E-state index contributed by atoms with van der Waals surface area (Å²) in [6.45, 7) is -0.0732. The molecule has 42 heavy (non-hydrogen) atoms. The summed E-state index contributed by atoms with van der Waals surface area (Å²) in [5.74, 6) is -0.809. The van der Waals surface area contributed by atoms with Crippen LogP contribution in [-0.4, -0.2) is 78.6 Å². The van der Waals surface area contributed by atoms with Crippen molar-refractivity contribution in [1.82, 2.24) is 30.5 Å². The van der Waals surface area contributed by atoms with Gasteiger partial charge in [-0.15, -0.1) is 5.10 Å². The van der Waals surface area contributed by atoms with Crippen LogP contribution in [0.4, 0.5) is 11.6 Å². The number of nitrogens with two attached hydrogens (primary N) is 1. The van der Waals surface area contributed by atoms with Crippen molar-refractivity contribution < 1.29 is 29.1 Å². The number of aliphatic hydroxyl groups is 1. The third-order valence-corrected chi connectivity index (χ3v) is 7.04. The Morgan fingerprint density at radius 1 is 1.17 bits per heavy atom. The van der Waals surface area contributed by atoms with Crippen molar-refractivity contribution >= 4 is 34.4 Å². The van der Waals surface area contributed by atoms with Crippen molar-refractivity contribution in [3.8, 4) is 11.4 Å². The number of hydrogen-bond donors (Lipinski definition) is 4. The molecule has 1 aliphatic heterocycles. The number of aromatic hydroxyl groups is 1. The number of benzene rings is 2. The lowest BCUT2D eigenvalue weighted by Gasteiger charge is -2.40. The van der Waals surface area contributed by atoms with Crippen LogP contribution in [0.25, 0.3) is 16.7 Å². The summed E-state index contributed by atoms with van der Waals surface area (Å²) < 4.78 is 12.7. The van der Waals surface area contributed by atoms with Gasteiger partial charge in [0.2, 0.25) is 0 Å². The van der Waals surface area contributed by atoms with E-state index in [2.05, 4.69) is 25.8 Å². The summed E-state index contributed by atoms with van der Waals surface area (Å²) in [5.41, 5.74) is 5.58. The summed E-state index contributed by atoms with van der Waals surface area (Å²) in [6, 6.07) is 14.5. The van der Waals surface area contributed by atoms with Crippen molar-refractivity contribution in [2.75, 3.05) is 30.3 Å². The predicted molar refractivity (Wildman–Crippen MR) is 149 cm³/mol. The van der Waals surface area contributed by atoms with Gasteiger partial charge in [-0.3, -0.25) is 14.5 Å². The molecule has 0 radical (unpaired) electrons.